The maximum atomic E-state index is 14.9. The van der Waals surface area contributed by atoms with E-state index < -0.39 is 21.8 Å². The first-order valence-electron chi connectivity index (χ1n) is 10.3. The minimum atomic E-state index is -3.17. The van der Waals surface area contributed by atoms with Crippen molar-refractivity contribution in [2.24, 2.45) is 11.7 Å². The number of nitrogens with zero attached hydrogens (tertiary/aromatic N) is 3. The summed E-state index contributed by atoms with van der Waals surface area (Å²) in [6.07, 6.45) is 5.13. The number of hydrogen-bond donors (Lipinski definition) is 2. The molecular formula is C22H30FN5O5S. The summed E-state index contributed by atoms with van der Waals surface area (Å²) in [4.78, 5) is 19.8. The molecule has 1 aliphatic rings. The lowest BCUT2D eigenvalue weighted by Gasteiger charge is -2.29. The van der Waals surface area contributed by atoms with Crippen LogP contribution in [0, 0.1) is 17.1 Å². The number of nitrogens with two attached hydrogens (primary N) is 1. The summed E-state index contributed by atoms with van der Waals surface area (Å²) in [5, 5.41) is 7.09. The summed E-state index contributed by atoms with van der Waals surface area (Å²) in [6, 6.07) is 4.83. The van der Waals surface area contributed by atoms with Crippen LogP contribution in [0.3, 0.4) is 0 Å². The van der Waals surface area contributed by atoms with E-state index in [2.05, 4.69) is 9.97 Å². The Kier molecular flexibility index (Phi) is 9.45. The van der Waals surface area contributed by atoms with E-state index in [9.17, 15) is 17.6 Å². The maximum Gasteiger partial charge on any atom is 0.316 e. The molecule has 0 amide bonds. The topological polar surface area (TPSA) is 149 Å². The maximum absolute atomic E-state index is 14.9. The highest BCUT2D eigenvalue weighted by molar-refractivity contribution is 7.88. The SMILES string of the molecule is C.CS(=O)(=O)N1CCC(COc2ncc(-c3cccc(COC(=O)CC(=N)N)c3F)cn2)CC1. The molecule has 0 bridgehead atoms. The molecule has 0 atom stereocenters. The van der Waals surface area contributed by atoms with Crippen LogP contribution in [-0.2, 0) is 26.2 Å². The lowest BCUT2D eigenvalue weighted by Crippen LogP contribution is -2.39. The zero-order valence-corrected chi connectivity index (χ0v) is 19.0. The molecule has 3 N–H and O–H groups in total. The standard InChI is InChI=1S/C21H26FN5O5S.CH4/c1-33(29,30)27-7-5-14(6-8-27)12-32-21-25-10-16(11-26-21)17-4-2-3-15(20(17)22)13-31-19(28)9-18(23)24;/h2-4,10-11,14H,5-9,12-13H2,1H3,(H3,23,24);1H4. The predicted molar refractivity (Wildman–Crippen MR) is 125 cm³/mol. The summed E-state index contributed by atoms with van der Waals surface area (Å²) in [6.45, 7) is 1.01. The van der Waals surface area contributed by atoms with E-state index in [1.54, 1.807) is 12.1 Å². The van der Waals surface area contributed by atoms with Gasteiger partial charge in [0.25, 0.3) is 0 Å². The third-order valence-electron chi connectivity index (χ3n) is 5.23. The Bertz CT molecular complexity index is 1100. The molecule has 1 aromatic carbocycles. The summed E-state index contributed by atoms with van der Waals surface area (Å²) in [7, 11) is -3.17. The number of benzene rings is 1. The largest absolute Gasteiger partial charge is 0.463 e. The number of aromatic nitrogens is 2. The van der Waals surface area contributed by atoms with Crippen molar-refractivity contribution in [2.75, 3.05) is 26.0 Å². The minimum absolute atomic E-state index is 0. The van der Waals surface area contributed by atoms with Crippen LogP contribution >= 0.6 is 0 Å². The van der Waals surface area contributed by atoms with Gasteiger partial charge in [0.1, 0.15) is 24.7 Å². The summed E-state index contributed by atoms with van der Waals surface area (Å²) >= 11 is 0. The summed E-state index contributed by atoms with van der Waals surface area (Å²) < 4.78 is 50.1. The molecule has 0 spiro atoms. The second kappa shape index (κ2) is 11.8. The molecule has 0 radical (unpaired) electrons. The van der Waals surface area contributed by atoms with Crippen molar-refractivity contribution in [1.82, 2.24) is 14.3 Å². The Labute approximate surface area is 198 Å². The van der Waals surface area contributed by atoms with Gasteiger partial charge in [-0.25, -0.2) is 27.1 Å². The lowest BCUT2D eigenvalue weighted by atomic mass is 9.99. The number of rotatable bonds is 9. The van der Waals surface area contributed by atoms with Gasteiger partial charge in [-0.05, 0) is 18.8 Å². The van der Waals surface area contributed by atoms with E-state index >= 15 is 0 Å². The van der Waals surface area contributed by atoms with Gasteiger partial charge >= 0.3 is 12.0 Å². The van der Waals surface area contributed by atoms with E-state index in [1.807, 2.05) is 0 Å². The van der Waals surface area contributed by atoms with Gasteiger partial charge in [-0.3, -0.25) is 10.2 Å². The number of carbonyl (C=O) groups is 1. The molecule has 186 valence electrons. The molecule has 0 aliphatic carbocycles. The van der Waals surface area contributed by atoms with Gasteiger partial charge in [0.05, 0.1) is 12.9 Å². The molecular weight excluding hydrogens is 465 g/mol. The molecule has 1 aliphatic heterocycles. The van der Waals surface area contributed by atoms with Crippen LogP contribution in [0.5, 0.6) is 6.01 Å². The number of sulfonamides is 1. The second-order valence-electron chi connectivity index (χ2n) is 7.81. The van der Waals surface area contributed by atoms with Crippen LogP contribution < -0.4 is 10.5 Å². The minimum Gasteiger partial charge on any atom is -0.463 e. The number of halogens is 1. The van der Waals surface area contributed by atoms with E-state index in [-0.39, 0.29) is 49.3 Å². The van der Waals surface area contributed by atoms with Crippen molar-refractivity contribution in [3.05, 3.63) is 42.0 Å². The van der Waals surface area contributed by atoms with E-state index in [0.29, 0.717) is 38.1 Å². The van der Waals surface area contributed by atoms with Crippen LogP contribution in [0.1, 0.15) is 32.3 Å². The van der Waals surface area contributed by atoms with Crippen molar-refractivity contribution in [2.45, 2.75) is 33.3 Å². The second-order valence-corrected chi connectivity index (χ2v) is 9.79. The molecule has 10 nitrogen and oxygen atoms in total. The molecule has 2 heterocycles. The quantitative estimate of drug-likeness (QED) is 0.306. The van der Waals surface area contributed by atoms with Gasteiger partial charge < -0.3 is 15.2 Å². The molecule has 2 aromatic rings. The highest BCUT2D eigenvalue weighted by Crippen LogP contribution is 2.25. The Morgan fingerprint density at radius 1 is 1.26 bits per heavy atom. The van der Waals surface area contributed by atoms with Crippen LogP contribution in [0.4, 0.5) is 4.39 Å². The van der Waals surface area contributed by atoms with Gasteiger partial charge in [-0.1, -0.05) is 25.6 Å². The average Bonchev–Trinajstić information content (AvgIpc) is 2.77. The number of amidine groups is 1. The van der Waals surface area contributed by atoms with Crippen molar-refractivity contribution in [3.63, 3.8) is 0 Å². The first kappa shape index (κ1) is 27.1. The van der Waals surface area contributed by atoms with E-state index in [0.717, 1.165) is 0 Å². The van der Waals surface area contributed by atoms with Crippen LogP contribution in [0.2, 0.25) is 0 Å². The fourth-order valence-corrected chi connectivity index (χ4v) is 4.28. The Morgan fingerprint density at radius 2 is 1.91 bits per heavy atom. The molecule has 1 saturated heterocycles. The number of piperidine rings is 1. The predicted octanol–water partition coefficient (Wildman–Crippen LogP) is 2.34. The van der Waals surface area contributed by atoms with Gasteiger partial charge in [-0.2, -0.15) is 0 Å². The first-order valence-corrected chi connectivity index (χ1v) is 12.1. The monoisotopic (exact) mass is 495 g/mol. The molecule has 1 aromatic heterocycles. The van der Waals surface area contributed by atoms with Crippen molar-refractivity contribution in [3.8, 4) is 17.1 Å². The van der Waals surface area contributed by atoms with Crippen LogP contribution in [0.25, 0.3) is 11.1 Å². The number of ether oxygens (including phenoxy) is 2. The molecule has 0 unspecified atom stereocenters. The molecule has 34 heavy (non-hydrogen) atoms. The van der Waals surface area contributed by atoms with Gasteiger partial charge in [-0.15, -0.1) is 0 Å². The Morgan fingerprint density at radius 3 is 2.50 bits per heavy atom. The molecule has 3 rings (SSSR count). The van der Waals surface area contributed by atoms with Crippen molar-refractivity contribution < 1.29 is 27.1 Å². The van der Waals surface area contributed by atoms with Crippen LogP contribution in [-0.4, -0.2) is 60.4 Å². The van der Waals surface area contributed by atoms with Crippen molar-refractivity contribution in [1.29, 1.82) is 5.41 Å². The van der Waals surface area contributed by atoms with Gasteiger partial charge in [0.15, 0.2) is 0 Å². The average molecular weight is 496 g/mol. The van der Waals surface area contributed by atoms with Crippen molar-refractivity contribution >= 4 is 21.8 Å². The zero-order chi connectivity index (χ0) is 24.0. The van der Waals surface area contributed by atoms with Crippen LogP contribution in [0.15, 0.2) is 30.6 Å². The Balaban J connectivity index is 0.00000408. The van der Waals surface area contributed by atoms with Gasteiger partial charge in [0, 0.05) is 42.2 Å². The fraction of sp³-hybridized carbons (Fsp3) is 0.455. The third kappa shape index (κ3) is 7.45. The molecule has 0 saturated carbocycles. The number of esters is 1. The summed E-state index contributed by atoms with van der Waals surface area (Å²) in [5.74, 6) is -1.40. The first-order chi connectivity index (χ1) is 15.6. The fourth-order valence-electron chi connectivity index (χ4n) is 3.41. The Hall–Kier alpha value is -3.12. The number of nitrogens with one attached hydrogen (secondary N) is 1. The molecule has 1 fully saturated rings. The smallest absolute Gasteiger partial charge is 0.316 e. The highest BCUT2D eigenvalue weighted by Gasteiger charge is 2.25. The number of hydrogen-bond acceptors (Lipinski definition) is 8. The van der Waals surface area contributed by atoms with Gasteiger partial charge in [0.2, 0.25) is 10.0 Å². The lowest BCUT2D eigenvalue weighted by molar-refractivity contribution is -0.143. The third-order valence-corrected chi connectivity index (χ3v) is 6.54. The number of carbonyl (C=O) groups excluding carboxylic acids is 1. The molecule has 12 heteroatoms. The van der Waals surface area contributed by atoms with E-state index in [4.69, 9.17) is 20.6 Å². The summed E-state index contributed by atoms with van der Waals surface area (Å²) in [5.41, 5.74) is 6.00. The normalized spacial score (nSPS) is 14.8. The van der Waals surface area contributed by atoms with E-state index in [1.165, 1.54) is 29.0 Å². The highest BCUT2D eigenvalue weighted by atomic mass is 32.2. The zero-order valence-electron chi connectivity index (χ0n) is 18.2.